The van der Waals surface area contributed by atoms with Crippen molar-refractivity contribution in [3.8, 4) is 0 Å². The minimum absolute atomic E-state index is 0.162. The lowest BCUT2D eigenvalue weighted by Gasteiger charge is -2.28. The zero-order valence-corrected chi connectivity index (χ0v) is 9.47. The molecule has 1 aliphatic heterocycles. The van der Waals surface area contributed by atoms with Gasteiger partial charge in [-0.1, -0.05) is 53.0 Å². The van der Waals surface area contributed by atoms with E-state index in [0.29, 0.717) is 0 Å². The SMILES string of the molecule is O=C1O[C@@](O)(C(Cl)(Cl)Cl)c2ccccc21. The molecule has 6 heteroatoms. The van der Waals surface area contributed by atoms with E-state index in [-0.39, 0.29) is 11.1 Å². The van der Waals surface area contributed by atoms with Crippen molar-refractivity contribution in [1.82, 2.24) is 0 Å². The number of esters is 1. The molecule has 2 rings (SSSR count). The van der Waals surface area contributed by atoms with Crippen LogP contribution >= 0.6 is 34.8 Å². The number of halogens is 3. The molecule has 0 bridgehead atoms. The zero-order valence-electron chi connectivity index (χ0n) is 7.21. The summed E-state index contributed by atoms with van der Waals surface area (Å²) in [6, 6.07) is 6.21. The Bertz CT molecular complexity index is 427. The highest BCUT2D eigenvalue weighted by Crippen LogP contribution is 2.50. The Morgan fingerprint density at radius 1 is 1.27 bits per heavy atom. The molecule has 0 fully saturated rings. The topological polar surface area (TPSA) is 46.5 Å². The minimum Gasteiger partial charge on any atom is -0.420 e. The second-order valence-electron chi connectivity index (χ2n) is 3.08. The van der Waals surface area contributed by atoms with Gasteiger partial charge in [0, 0.05) is 5.56 Å². The van der Waals surface area contributed by atoms with Crippen LogP contribution in [0.1, 0.15) is 15.9 Å². The van der Waals surface area contributed by atoms with Gasteiger partial charge in [0.05, 0.1) is 5.56 Å². The van der Waals surface area contributed by atoms with Gasteiger partial charge in [-0.05, 0) is 6.07 Å². The molecule has 1 heterocycles. The van der Waals surface area contributed by atoms with Gasteiger partial charge in [-0.15, -0.1) is 0 Å². The van der Waals surface area contributed by atoms with Gasteiger partial charge in [0.15, 0.2) is 0 Å². The molecule has 0 saturated carbocycles. The van der Waals surface area contributed by atoms with Gasteiger partial charge in [-0.25, -0.2) is 4.79 Å². The first-order chi connectivity index (χ1) is 6.86. The number of cyclic esters (lactones) is 1. The molecule has 0 radical (unpaired) electrons. The van der Waals surface area contributed by atoms with E-state index < -0.39 is 15.5 Å². The fourth-order valence-electron chi connectivity index (χ4n) is 1.41. The van der Waals surface area contributed by atoms with Crippen molar-refractivity contribution in [2.75, 3.05) is 0 Å². The van der Waals surface area contributed by atoms with Crippen LogP contribution < -0.4 is 0 Å². The van der Waals surface area contributed by atoms with Gasteiger partial charge in [0.1, 0.15) is 0 Å². The van der Waals surface area contributed by atoms with Crippen molar-refractivity contribution < 1.29 is 14.6 Å². The smallest absolute Gasteiger partial charge is 0.341 e. The van der Waals surface area contributed by atoms with E-state index in [1.807, 2.05) is 0 Å². The van der Waals surface area contributed by atoms with Gasteiger partial charge >= 0.3 is 5.97 Å². The lowest BCUT2D eigenvalue weighted by atomic mass is 10.0. The summed E-state index contributed by atoms with van der Waals surface area (Å²) in [6.07, 6.45) is 0. The summed E-state index contributed by atoms with van der Waals surface area (Å²) in [5.41, 5.74) is 0.362. The molecule has 1 N–H and O–H groups in total. The molecule has 1 aromatic rings. The fraction of sp³-hybridized carbons (Fsp3) is 0.222. The highest BCUT2D eigenvalue weighted by Gasteiger charge is 2.57. The van der Waals surface area contributed by atoms with Crippen LogP contribution in [0.2, 0.25) is 0 Å². The Labute approximate surface area is 100 Å². The zero-order chi connectivity index (χ0) is 11.3. The van der Waals surface area contributed by atoms with Crippen LogP contribution in [0.3, 0.4) is 0 Å². The first-order valence-electron chi connectivity index (χ1n) is 3.98. The van der Waals surface area contributed by atoms with Crippen molar-refractivity contribution in [3.63, 3.8) is 0 Å². The second-order valence-corrected chi connectivity index (χ2v) is 5.36. The maximum Gasteiger partial charge on any atom is 0.341 e. The number of alkyl halides is 3. The normalized spacial score (nSPS) is 24.9. The molecular formula is C9H5Cl3O3. The highest BCUT2D eigenvalue weighted by molar-refractivity contribution is 6.68. The quantitative estimate of drug-likeness (QED) is 0.580. The Morgan fingerprint density at radius 2 is 1.87 bits per heavy atom. The Hall–Kier alpha value is -0.480. The predicted octanol–water partition coefficient (Wildman–Crippen LogP) is 2.37. The summed E-state index contributed by atoms with van der Waals surface area (Å²) >= 11 is 16.7. The van der Waals surface area contributed by atoms with Crippen molar-refractivity contribution in [2.24, 2.45) is 0 Å². The van der Waals surface area contributed by atoms with E-state index in [1.165, 1.54) is 12.1 Å². The van der Waals surface area contributed by atoms with Crippen LogP contribution in [-0.4, -0.2) is 14.9 Å². The molecule has 3 nitrogen and oxygen atoms in total. The van der Waals surface area contributed by atoms with Crippen LogP contribution in [0.25, 0.3) is 0 Å². The number of rotatable bonds is 0. The molecule has 1 aliphatic rings. The number of fused-ring (bicyclic) bond motifs is 1. The summed E-state index contributed by atoms with van der Waals surface area (Å²) in [7, 11) is 0. The monoisotopic (exact) mass is 266 g/mol. The number of carbonyl (C=O) groups is 1. The van der Waals surface area contributed by atoms with Crippen molar-refractivity contribution in [1.29, 1.82) is 0 Å². The highest BCUT2D eigenvalue weighted by atomic mass is 35.6. The Kier molecular flexibility index (Phi) is 2.39. The Morgan fingerprint density at radius 3 is 2.47 bits per heavy atom. The molecule has 0 unspecified atom stereocenters. The summed E-state index contributed by atoms with van der Waals surface area (Å²) in [5, 5.41) is 10.0. The minimum atomic E-state index is -2.22. The van der Waals surface area contributed by atoms with Crippen molar-refractivity contribution >= 4 is 40.8 Å². The van der Waals surface area contributed by atoms with Crippen LogP contribution in [0.5, 0.6) is 0 Å². The van der Waals surface area contributed by atoms with Gasteiger partial charge < -0.3 is 9.84 Å². The van der Waals surface area contributed by atoms with Gasteiger partial charge in [-0.2, -0.15) is 0 Å². The molecule has 15 heavy (non-hydrogen) atoms. The number of benzene rings is 1. The van der Waals surface area contributed by atoms with E-state index in [2.05, 4.69) is 0 Å². The van der Waals surface area contributed by atoms with Gasteiger partial charge in [-0.3, -0.25) is 0 Å². The number of carbonyl (C=O) groups excluding carboxylic acids is 1. The van der Waals surface area contributed by atoms with Crippen LogP contribution in [-0.2, 0) is 10.5 Å². The molecule has 1 aromatic carbocycles. The number of hydrogen-bond donors (Lipinski definition) is 1. The van der Waals surface area contributed by atoms with Crippen molar-refractivity contribution in [2.45, 2.75) is 9.58 Å². The van der Waals surface area contributed by atoms with Gasteiger partial charge in [0.25, 0.3) is 9.58 Å². The first-order valence-corrected chi connectivity index (χ1v) is 5.11. The molecule has 0 aromatic heterocycles. The van der Waals surface area contributed by atoms with Crippen molar-refractivity contribution in [3.05, 3.63) is 35.4 Å². The summed E-state index contributed by atoms with van der Waals surface area (Å²) in [6.45, 7) is 0. The van der Waals surface area contributed by atoms with Crippen LogP contribution in [0, 0.1) is 0 Å². The molecule has 0 amide bonds. The second kappa shape index (κ2) is 3.25. The maximum atomic E-state index is 11.4. The summed E-state index contributed by atoms with van der Waals surface area (Å²) in [4.78, 5) is 11.4. The fourth-order valence-corrected chi connectivity index (χ4v) is 1.83. The number of hydrogen-bond acceptors (Lipinski definition) is 3. The molecule has 1 atom stereocenters. The average molecular weight is 267 g/mol. The van der Waals surface area contributed by atoms with E-state index in [4.69, 9.17) is 39.5 Å². The molecule has 80 valence electrons. The van der Waals surface area contributed by atoms with Crippen LogP contribution in [0.4, 0.5) is 0 Å². The number of ether oxygens (including phenoxy) is 1. The third kappa shape index (κ3) is 1.51. The molecule has 0 spiro atoms. The molecular weight excluding hydrogens is 262 g/mol. The number of aliphatic hydroxyl groups is 1. The summed E-state index contributed by atoms with van der Waals surface area (Å²) in [5.74, 6) is -2.93. The third-order valence-electron chi connectivity index (χ3n) is 2.14. The van der Waals surface area contributed by atoms with Crippen LogP contribution in [0.15, 0.2) is 24.3 Å². The van der Waals surface area contributed by atoms with E-state index in [0.717, 1.165) is 0 Å². The Balaban J connectivity index is 2.63. The third-order valence-corrected chi connectivity index (χ3v) is 2.91. The van der Waals surface area contributed by atoms with E-state index in [1.54, 1.807) is 12.1 Å². The standard InChI is InChI=1S/C9H5Cl3O3/c10-9(11,12)8(14)6-4-2-1-3-5(6)7(13)15-8/h1-4,14H/t8-/m1/s1. The summed E-state index contributed by atoms with van der Waals surface area (Å²) < 4.78 is 2.57. The van der Waals surface area contributed by atoms with E-state index in [9.17, 15) is 9.90 Å². The average Bonchev–Trinajstić information content (AvgIpc) is 2.41. The lowest BCUT2D eigenvalue weighted by molar-refractivity contribution is -0.159. The predicted molar refractivity (Wildman–Crippen MR) is 56.0 cm³/mol. The first kappa shape index (κ1) is 11.0. The van der Waals surface area contributed by atoms with E-state index >= 15 is 0 Å². The van der Waals surface area contributed by atoms with Gasteiger partial charge in [0.2, 0.25) is 0 Å². The molecule has 0 saturated heterocycles. The lowest BCUT2D eigenvalue weighted by Crippen LogP contribution is -2.40. The largest absolute Gasteiger partial charge is 0.420 e. The maximum absolute atomic E-state index is 11.4. The molecule has 0 aliphatic carbocycles.